The van der Waals surface area contributed by atoms with Crippen LogP contribution in [0.3, 0.4) is 0 Å². The number of hydrogen-bond donors (Lipinski definition) is 2. The molecule has 10 nitrogen and oxygen atoms in total. The third-order valence-corrected chi connectivity index (χ3v) is 10.3. The summed E-state index contributed by atoms with van der Waals surface area (Å²) in [6.45, 7) is 19.0. The molecule has 0 bridgehead atoms. The molecule has 0 saturated carbocycles. The van der Waals surface area contributed by atoms with E-state index in [2.05, 4.69) is 40.9 Å². The van der Waals surface area contributed by atoms with Gasteiger partial charge in [-0.1, -0.05) is 65.1 Å². The summed E-state index contributed by atoms with van der Waals surface area (Å²) >= 11 is 0. The van der Waals surface area contributed by atoms with Crippen LogP contribution < -0.4 is 0 Å². The van der Waals surface area contributed by atoms with Crippen molar-refractivity contribution in [2.45, 2.75) is 122 Å². The van der Waals surface area contributed by atoms with E-state index in [1.54, 1.807) is 38.1 Å². The SMILES string of the molecule is C=C(C)C(=O)OCCCCC(O)COC(=O)c1ccc(C(C)(CC)C(CC)(CC)c2ccc(C(=O)OC(CO)CCCCOC(=O)C(=C)C)cc2)cc1. The molecule has 3 unspecified atom stereocenters. The molecular formula is C43H60O10. The van der Waals surface area contributed by atoms with Gasteiger partial charge in [0.25, 0.3) is 0 Å². The molecular weight excluding hydrogens is 676 g/mol. The van der Waals surface area contributed by atoms with Crippen LogP contribution in [0, 0.1) is 0 Å². The number of rotatable bonds is 24. The Labute approximate surface area is 315 Å². The van der Waals surface area contributed by atoms with Crippen LogP contribution in [-0.2, 0) is 39.4 Å². The first-order valence-electron chi connectivity index (χ1n) is 18.7. The predicted molar refractivity (Wildman–Crippen MR) is 205 cm³/mol. The van der Waals surface area contributed by atoms with Crippen molar-refractivity contribution in [1.29, 1.82) is 0 Å². The molecule has 2 N–H and O–H groups in total. The zero-order chi connectivity index (χ0) is 39.6. The van der Waals surface area contributed by atoms with Gasteiger partial charge < -0.3 is 29.2 Å². The van der Waals surface area contributed by atoms with Gasteiger partial charge in [-0.2, -0.15) is 0 Å². The Balaban J connectivity index is 2.06. The molecule has 292 valence electrons. The normalized spacial score (nSPS) is 13.6. The van der Waals surface area contributed by atoms with Crippen LogP contribution in [0.1, 0.15) is 131 Å². The summed E-state index contributed by atoms with van der Waals surface area (Å²) in [5.41, 5.74) is 2.96. The fraction of sp³-hybridized carbons (Fsp3) is 0.535. The van der Waals surface area contributed by atoms with E-state index in [0.29, 0.717) is 60.8 Å². The molecule has 2 rings (SSSR count). The molecule has 0 heterocycles. The zero-order valence-corrected chi connectivity index (χ0v) is 32.5. The molecule has 0 aliphatic rings. The van der Waals surface area contributed by atoms with Crippen molar-refractivity contribution in [1.82, 2.24) is 0 Å². The summed E-state index contributed by atoms with van der Waals surface area (Å²) in [5, 5.41) is 20.1. The minimum atomic E-state index is -0.825. The van der Waals surface area contributed by atoms with Crippen molar-refractivity contribution >= 4 is 23.9 Å². The van der Waals surface area contributed by atoms with Crippen molar-refractivity contribution in [3.05, 3.63) is 95.1 Å². The van der Waals surface area contributed by atoms with Crippen molar-refractivity contribution in [2.75, 3.05) is 26.4 Å². The first-order valence-corrected chi connectivity index (χ1v) is 18.7. The van der Waals surface area contributed by atoms with Crippen molar-refractivity contribution < 1.29 is 48.3 Å². The average molecular weight is 737 g/mol. The number of hydrogen-bond acceptors (Lipinski definition) is 10. The lowest BCUT2D eigenvalue weighted by molar-refractivity contribution is -0.140. The number of ether oxygens (including phenoxy) is 4. The minimum absolute atomic E-state index is 0.132. The lowest BCUT2D eigenvalue weighted by atomic mass is 9.54. The summed E-state index contributed by atoms with van der Waals surface area (Å²) in [6, 6.07) is 14.9. The smallest absolute Gasteiger partial charge is 0.338 e. The highest BCUT2D eigenvalue weighted by Gasteiger charge is 2.46. The quantitative estimate of drug-likeness (QED) is 0.0475. The molecule has 53 heavy (non-hydrogen) atoms. The number of unbranched alkanes of at least 4 members (excludes halogenated alkanes) is 2. The molecule has 3 atom stereocenters. The topological polar surface area (TPSA) is 146 Å². The molecule has 0 amide bonds. The lowest BCUT2D eigenvalue weighted by Gasteiger charge is -2.49. The molecule has 0 radical (unpaired) electrons. The average Bonchev–Trinajstić information content (AvgIpc) is 3.16. The molecule has 0 spiro atoms. The molecule has 2 aromatic rings. The van der Waals surface area contributed by atoms with Gasteiger partial charge >= 0.3 is 23.9 Å². The largest absolute Gasteiger partial charge is 0.462 e. The Morgan fingerprint density at radius 2 is 1.15 bits per heavy atom. The fourth-order valence-electron chi connectivity index (χ4n) is 6.75. The van der Waals surface area contributed by atoms with E-state index in [1.165, 1.54) is 0 Å². The first kappa shape index (κ1) is 44.9. The number of carbonyl (C=O) groups excluding carboxylic acids is 4. The molecule has 10 heteroatoms. The maximum atomic E-state index is 13.0. The van der Waals surface area contributed by atoms with E-state index in [0.717, 1.165) is 30.4 Å². The number of carbonyl (C=O) groups is 4. The van der Waals surface area contributed by atoms with E-state index in [4.69, 9.17) is 18.9 Å². The van der Waals surface area contributed by atoms with Crippen LogP contribution >= 0.6 is 0 Å². The highest BCUT2D eigenvalue weighted by Crippen LogP contribution is 2.51. The first-order chi connectivity index (χ1) is 25.2. The third-order valence-electron chi connectivity index (χ3n) is 10.3. The van der Waals surface area contributed by atoms with Crippen LogP contribution in [0.4, 0.5) is 0 Å². The predicted octanol–water partition coefficient (Wildman–Crippen LogP) is 7.73. The summed E-state index contributed by atoms with van der Waals surface area (Å²) in [4.78, 5) is 48.9. The van der Waals surface area contributed by atoms with E-state index < -0.39 is 36.1 Å². The third kappa shape index (κ3) is 12.7. The second-order valence-corrected chi connectivity index (χ2v) is 13.9. The molecule has 0 aliphatic heterocycles. The zero-order valence-electron chi connectivity index (χ0n) is 32.5. The molecule has 0 saturated heterocycles. The van der Waals surface area contributed by atoms with E-state index >= 15 is 0 Å². The molecule has 0 fully saturated rings. The van der Waals surface area contributed by atoms with E-state index in [9.17, 15) is 29.4 Å². The van der Waals surface area contributed by atoms with Gasteiger partial charge in [-0.3, -0.25) is 0 Å². The van der Waals surface area contributed by atoms with Gasteiger partial charge in [0.1, 0.15) is 12.7 Å². The van der Waals surface area contributed by atoms with Crippen molar-refractivity contribution in [3.8, 4) is 0 Å². The highest BCUT2D eigenvalue weighted by atomic mass is 16.6. The van der Waals surface area contributed by atoms with Gasteiger partial charge in [0.05, 0.1) is 37.1 Å². The Bertz CT molecular complexity index is 1510. The second-order valence-electron chi connectivity index (χ2n) is 13.9. The molecule has 0 aromatic heterocycles. The monoisotopic (exact) mass is 736 g/mol. The van der Waals surface area contributed by atoms with Crippen molar-refractivity contribution in [2.24, 2.45) is 0 Å². The van der Waals surface area contributed by atoms with E-state index in [1.807, 2.05) is 24.3 Å². The summed E-state index contributed by atoms with van der Waals surface area (Å²) in [7, 11) is 0. The van der Waals surface area contributed by atoms with Gasteiger partial charge in [0.15, 0.2) is 0 Å². The molecule has 2 aromatic carbocycles. The van der Waals surface area contributed by atoms with Crippen LogP contribution in [-0.4, -0.2) is 72.7 Å². The summed E-state index contributed by atoms with van der Waals surface area (Å²) in [5.74, 6) is -1.91. The Morgan fingerprint density at radius 1 is 0.679 bits per heavy atom. The van der Waals surface area contributed by atoms with Gasteiger partial charge in [0.2, 0.25) is 0 Å². The fourth-order valence-corrected chi connectivity index (χ4v) is 6.75. The number of benzene rings is 2. The lowest BCUT2D eigenvalue weighted by Crippen LogP contribution is -2.46. The molecule has 0 aliphatic carbocycles. The Kier molecular flexibility index (Phi) is 18.7. The van der Waals surface area contributed by atoms with Gasteiger partial charge in [-0.25, -0.2) is 19.2 Å². The summed E-state index contributed by atoms with van der Waals surface area (Å²) in [6.07, 6.45) is 4.18. The standard InChI is InChI=1S/C43H60O10/c1-9-42(8,34-22-18-32(19-23-34)40(48)52-29-36(45)16-12-14-26-50-38(46)30(4)5)43(10-2,11-3)35-24-20-33(21-25-35)41(49)53-37(28-44)17-13-15-27-51-39(47)31(6)7/h18-25,36-37,44-45H,4,6,9-17,26-29H2,1-3,5,7-8H3. The van der Waals surface area contributed by atoms with Crippen LogP contribution in [0.25, 0.3) is 0 Å². The minimum Gasteiger partial charge on any atom is -0.462 e. The Hall–Kier alpha value is -4.28. The van der Waals surface area contributed by atoms with Gasteiger partial charge in [-0.15, -0.1) is 0 Å². The second kappa shape index (κ2) is 22.1. The van der Waals surface area contributed by atoms with Crippen LogP contribution in [0.5, 0.6) is 0 Å². The maximum Gasteiger partial charge on any atom is 0.338 e. The summed E-state index contributed by atoms with van der Waals surface area (Å²) < 4.78 is 21.2. The Morgan fingerprint density at radius 3 is 1.60 bits per heavy atom. The number of aliphatic hydroxyl groups excluding tert-OH is 2. The highest BCUT2D eigenvalue weighted by molar-refractivity contribution is 5.90. The van der Waals surface area contributed by atoms with Crippen LogP contribution in [0.2, 0.25) is 0 Å². The van der Waals surface area contributed by atoms with E-state index in [-0.39, 0.29) is 37.3 Å². The number of esters is 4. The van der Waals surface area contributed by atoms with Crippen molar-refractivity contribution in [3.63, 3.8) is 0 Å². The maximum absolute atomic E-state index is 13.0. The van der Waals surface area contributed by atoms with Gasteiger partial charge in [0, 0.05) is 22.0 Å². The van der Waals surface area contributed by atoms with Crippen LogP contribution in [0.15, 0.2) is 72.8 Å². The van der Waals surface area contributed by atoms with Gasteiger partial charge in [-0.05, 0) is 107 Å². The number of aliphatic hydroxyl groups is 2.